The van der Waals surface area contributed by atoms with Crippen molar-refractivity contribution in [2.75, 3.05) is 31.5 Å². The maximum absolute atomic E-state index is 5.32. The first-order chi connectivity index (χ1) is 10.1. The van der Waals surface area contributed by atoms with Crippen LogP contribution in [0.3, 0.4) is 0 Å². The van der Waals surface area contributed by atoms with Crippen molar-refractivity contribution in [2.45, 2.75) is 26.2 Å². The second-order valence-corrected chi connectivity index (χ2v) is 7.12. The molecule has 0 radical (unpaired) electrons. The van der Waals surface area contributed by atoms with Crippen molar-refractivity contribution in [1.82, 2.24) is 10.2 Å². The van der Waals surface area contributed by atoms with Crippen LogP contribution in [-0.4, -0.2) is 36.2 Å². The fourth-order valence-corrected chi connectivity index (χ4v) is 3.36. The van der Waals surface area contributed by atoms with Gasteiger partial charge in [0.1, 0.15) is 0 Å². The SMILES string of the molecule is C[C@H]1CCCN(CCCNC(=S)Nc2cccc(Br)c2)C1. The second-order valence-electron chi connectivity index (χ2n) is 5.79. The first-order valence-electron chi connectivity index (χ1n) is 7.66. The van der Waals surface area contributed by atoms with E-state index in [1.807, 2.05) is 24.3 Å². The van der Waals surface area contributed by atoms with Gasteiger partial charge >= 0.3 is 0 Å². The average Bonchev–Trinajstić information content (AvgIpc) is 2.44. The van der Waals surface area contributed by atoms with Crippen molar-refractivity contribution in [3.8, 4) is 0 Å². The molecule has 0 bridgehead atoms. The van der Waals surface area contributed by atoms with Crippen LogP contribution < -0.4 is 10.6 Å². The van der Waals surface area contributed by atoms with Gasteiger partial charge in [0, 0.05) is 23.2 Å². The van der Waals surface area contributed by atoms with E-state index in [4.69, 9.17) is 12.2 Å². The summed E-state index contributed by atoms with van der Waals surface area (Å²) < 4.78 is 1.05. The lowest BCUT2D eigenvalue weighted by Gasteiger charge is -2.30. The van der Waals surface area contributed by atoms with Crippen molar-refractivity contribution in [2.24, 2.45) is 5.92 Å². The lowest BCUT2D eigenvalue weighted by molar-refractivity contribution is 0.182. The van der Waals surface area contributed by atoms with Crippen LogP contribution >= 0.6 is 28.1 Å². The number of nitrogens with one attached hydrogen (secondary N) is 2. The van der Waals surface area contributed by atoms with Crippen molar-refractivity contribution in [1.29, 1.82) is 0 Å². The molecule has 1 aromatic carbocycles. The summed E-state index contributed by atoms with van der Waals surface area (Å²) in [4.78, 5) is 2.57. The van der Waals surface area contributed by atoms with E-state index in [9.17, 15) is 0 Å². The molecule has 1 aliphatic heterocycles. The summed E-state index contributed by atoms with van der Waals surface area (Å²) in [5.41, 5.74) is 1.01. The van der Waals surface area contributed by atoms with Gasteiger partial charge < -0.3 is 15.5 Å². The Morgan fingerprint density at radius 1 is 1.48 bits per heavy atom. The summed E-state index contributed by atoms with van der Waals surface area (Å²) in [6.07, 6.45) is 3.86. The number of thiocarbonyl (C=S) groups is 1. The van der Waals surface area contributed by atoms with Gasteiger partial charge in [-0.05, 0) is 68.7 Å². The van der Waals surface area contributed by atoms with Gasteiger partial charge in [0.15, 0.2) is 5.11 Å². The first-order valence-corrected chi connectivity index (χ1v) is 8.86. The summed E-state index contributed by atoms with van der Waals surface area (Å²) in [5, 5.41) is 7.18. The minimum Gasteiger partial charge on any atom is -0.362 e. The minimum absolute atomic E-state index is 0.695. The van der Waals surface area contributed by atoms with E-state index in [2.05, 4.69) is 38.4 Å². The molecule has 0 amide bonds. The van der Waals surface area contributed by atoms with Gasteiger partial charge in [0.25, 0.3) is 0 Å². The fourth-order valence-electron chi connectivity index (χ4n) is 2.74. The number of hydrogen-bond acceptors (Lipinski definition) is 2. The van der Waals surface area contributed by atoms with Crippen molar-refractivity contribution >= 4 is 38.9 Å². The Morgan fingerprint density at radius 2 is 2.33 bits per heavy atom. The summed E-state index contributed by atoms with van der Waals surface area (Å²) in [7, 11) is 0. The van der Waals surface area contributed by atoms with E-state index in [1.165, 1.54) is 25.9 Å². The topological polar surface area (TPSA) is 27.3 Å². The van der Waals surface area contributed by atoms with Crippen LogP contribution in [0.4, 0.5) is 5.69 Å². The molecular formula is C16H24BrN3S. The molecule has 0 unspecified atom stereocenters. The zero-order valence-corrected chi connectivity index (χ0v) is 15.0. The Kier molecular flexibility index (Phi) is 6.93. The highest BCUT2D eigenvalue weighted by Crippen LogP contribution is 2.16. The molecule has 5 heteroatoms. The van der Waals surface area contributed by atoms with E-state index < -0.39 is 0 Å². The third kappa shape index (κ3) is 6.32. The fraction of sp³-hybridized carbons (Fsp3) is 0.562. The third-order valence-corrected chi connectivity index (χ3v) is 4.50. The molecule has 1 aliphatic rings. The highest BCUT2D eigenvalue weighted by Gasteiger charge is 2.15. The Hall–Kier alpha value is -0.650. The summed E-state index contributed by atoms with van der Waals surface area (Å²) in [6, 6.07) is 8.02. The number of likely N-dealkylation sites (tertiary alicyclic amines) is 1. The number of benzene rings is 1. The number of rotatable bonds is 5. The van der Waals surface area contributed by atoms with Gasteiger partial charge in [-0.15, -0.1) is 0 Å². The highest BCUT2D eigenvalue weighted by molar-refractivity contribution is 9.10. The number of nitrogens with zero attached hydrogens (tertiary/aromatic N) is 1. The molecule has 2 N–H and O–H groups in total. The quantitative estimate of drug-likeness (QED) is 0.608. The monoisotopic (exact) mass is 369 g/mol. The average molecular weight is 370 g/mol. The molecule has 3 nitrogen and oxygen atoms in total. The predicted molar refractivity (Wildman–Crippen MR) is 97.8 cm³/mol. The Balaban J connectivity index is 1.61. The molecule has 1 saturated heterocycles. The van der Waals surface area contributed by atoms with Gasteiger partial charge in [-0.3, -0.25) is 0 Å². The van der Waals surface area contributed by atoms with E-state index in [1.54, 1.807) is 0 Å². The second kappa shape index (κ2) is 8.71. The van der Waals surface area contributed by atoms with Gasteiger partial charge in [-0.25, -0.2) is 0 Å². The van der Waals surface area contributed by atoms with E-state index in [0.29, 0.717) is 5.11 Å². The molecule has 2 rings (SSSR count). The zero-order valence-electron chi connectivity index (χ0n) is 12.6. The van der Waals surface area contributed by atoms with Crippen molar-refractivity contribution in [3.05, 3.63) is 28.7 Å². The van der Waals surface area contributed by atoms with Crippen LogP contribution in [0.2, 0.25) is 0 Å². The molecule has 21 heavy (non-hydrogen) atoms. The van der Waals surface area contributed by atoms with Crippen LogP contribution in [0.1, 0.15) is 26.2 Å². The molecule has 1 heterocycles. The molecule has 1 atom stereocenters. The molecular weight excluding hydrogens is 346 g/mol. The standard InChI is InChI=1S/C16H24BrN3S/c1-13-5-3-9-20(12-13)10-4-8-18-16(21)19-15-7-2-6-14(17)11-15/h2,6-7,11,13H,3-5,8-10,12H2,1H3,(H2,18,19,21)/t13-/m0/s1. The molecule has 1 aromatic rings. The van der Waals surface area contributed by atoms with E-state index in [-0.39, 0.29) is 0 Å². The van der Waals surface area contributed by atoms with Gasteiger partial charge in [0.2, 0.25) is 0 Å². The van der Waals surface area contributed by atoms with Gasteiger partial charge in [-0.1, -0.05) is 28.9 Å². The van der Waals surface area contributed by atoms with Crippen LogP contribution in [-0.2, 0) is 0 Å². The van der Waals surface area contributed by atoms with Crippen molar-refractivity contribution < 1.29 is 0 Å². The van der Waals surface area contributed by atoms with Crippen LogP contribution in [0.15, 0.2) is 28.7 Å². The maximum Gasteiger partial charge on any atom is 0.170 e. The third-order valence-electron chi connectivity index (χ3n) is 3.76. The van der Waals surface area contributed by atoms with Gasteiger partial charge in [0.05, 0.1) is 0 Å². The molecule has 0 aromatic heterocycles. The first kappa shape index (κ1) is 16.7. The number of anilines is 1. The predicted octanol–water partition coefficient (Wildman–Crippen LogP) is 3.86. The largest absolute Gasteiger partial charge is 0.362 e. The molecule has 0 saturated carbocycles. The lowest BCUT2D eigenvalue weighted by atomic mass is 10.0. The Bertz CT molecular complexity index is 467. The lowest BCUT2D eigenvalue weighted by Crippen LogP contribution is -2.37. The van der Waals surface area contributed by atoms with E-state index >= 15 is 0 Å². The van der Waals surface area contributed by atoms with E-state index in [0.717, 1.165) is 35.6 Å². The van der Waals surface area contributed by atoms with Crippen LogP contribution in [0, 0.1) is 5.92 Å². The van der Waals surface area contributed by atoms with Crippen LogP contribution in [0.5, 0.6) is 0 Å². The van der Waals surface area contributed by atoms with Crippen LogP contribution in [0.25, 0.3) is 0 Å². The summed E-state index contributed by atoms with van der Waals surface area (Å²) >= 11 is 8.77. The zero-order chi connectivity index (χ0) is 15.1. The van der Waals surface area contributed by atoms with Crippen molar-refractivity contribution in [3.63, 3.8) is 0 Å². The molecule has 116 valence electrons. The Morgan fingerprint density at radius 3 is 3.10 bits per heavy atom. The summed E-state index contributed by atoms with van der Waals surface area (Å²) in [6.45, 7) is 6.94. The number of piperidine rings is 1. The normalized spacial score (nSPS) is 19.2. The molecule has 0 aliphatic carbocycles. The molecule has 0 spiro atoms. The van der Waals surface area contributed by atoms with Gasteiger partial charge in [-0.2, -0.15) is 0 Å². The maximum atomic E-state index is 5.32. The summed E-state index contributed by atoms with van der Waals surface area (Å²) in [5.74, 6) is 0.853. The minimum atomic E-state index is 0.695. The smallest absolute Gasteiger partial charge is 0.170 e. The number of hydrogen-bond donors (Lipinski definition) is 2. The highest BCUT2D eigenvalue weighted by atomic mass is 79.9. The molecule has 1 fully saturated rings. The number of halogens is 1. The Labute approximate surface area is 141 Å².